The van der Waals surface area contributed by atoms with Crippen LogP contribution in [-0.2, 0) is 16.1 Å². The maximum Gasteiger partial charge on any atom is 0.244 e. The summed E-state index contributed by atoms with van der Waals surface area (Å²) in [5, 5.41) is 7.94. The summed E-state index contributed by atoms with van der Waals surface area (Å²) in [6.45, 7) is 1.65. The van der Waals surface area contributed by atoms with Gasteiger partial charge in [0, 0.05) is 36.7 Å². The van der Waals surface area contributed by atoms with Crippen LogP contribution in [-0.4, -0.2) is 62.4 Å². The number of ether oxygens (including phenoxy) is 1. The van der Waals surface area contributed by atoms with E-state index in [1.807, 2.05) is 17.0 Å². The lowest BCUT2D eigenvalue weighted by Crippen LogP contribution is -2.38. The number of thioether (sulfide) groups is 1. The van der Waals surface area contributed by atoms with Gasteiger partial charge in [-0.2, -0.15) is 0 Å². The number of benzene rings is 1. The van der Waals surface area contributed by atoms with Crippen molar-refractivity contribution in [3.05, 3.63) is 48.8 Å². The van der Waals surface area contributed by atoms with E-state index < -0.39 is 0 Å². The van der Waals surface area contributed by atoms with E-state index in [1.165, 1.54) is 11.8 Å². The Morgan fingerprint density at radius 3 is 2.48 bits per heavy atom. The molecule has 0 atom stereocenters. The molecule has 4 rings (SSSR count). The third-order valence-corrected chi connectivity index (χ3v) is 6.24. The highest BCUT2D eigenvalue weighted by Crippen LogP contribution is 2.23. The van der Waals surface area contributed by atoms with Crippen LogP contribution in [0.15, 0.2) is 53.9 Å². The first-order valence-electron chi connectivity index (χ1n) is 10.8. The Balaban J connectivity index is 1.45. The van der Waals surface area contributed by atoms with E-state index in [0.29, 0.717) is 16.7 Å². The Kier molecular flexibility index (Phi) is 7.56. The van der Waals surface area contributed by atoms with Gasteiger partial charge in [-0.15, -0.1) is 5.10 Å². The molecule has 0 unspecified atom stereocenters. The number of piperidine rings is 1. The van der Waals surface area contributed by atoms with Crippen LogP contribution in [0, 0.1) is 0 Å². The van der Waals surface area contributed by atoms with Gasteiger partial charge >= 0.3 is 0 Å². The van der Waals surface area contributed by atoms with Gasteiger partial charge in [0.1, 0.15) is 12.3 Å². The number of hydrogen-bond acceptors (Lipinski definition) is 7. The van der Waals surface area contributed by atoms with E-state index in [2.05, 4.69) is 20.4 Å². The monoisotopic (exact) mass is 466 g/mol. The molecular weight excluding hydrogens is 440 g/mol. The van der Waals surface area contributed by atoms with Crippen molar-refractivity contribution in [1.82, 2.24) is 24.6 Å². The second-order valence-electron chi connectivity index (χ2n) is 7.62. The Hall–Kier alpha value is -3.40. The van der Waals surface area contributed by atoms with Crippen LogP contribution in [0.25, 0.3) is 11.4 Å². The topological polar surface area (TPSA) is 102 Å². The summed E-state index contributed by atoms with van der Waals surface area (Å²) in [6, 6.07) is 10.8. The average Bonchev–Trinajstić information content (AvgIpc) is 3.27. The molecule has 9 nitrogen and oxygen atoms in total. The van der Waals surface area contributed by atoms with Crippen molar-refractivity contribution in [3.8, 4) is 17.1 Å². The van der Waals surface area contributed by atoms with Gasteiger partial charge in [0.15, 0.2) is 11.0 Å². The normalized spacial score (nSPS) is 13.5. The second kappa shape index (κ2) is 11.0. The van der Waals surface area contributed by atoms with Gasteiger partial charge < -0.3 is 15.0 Å². The zero-order chi connectivity index (χ0) is 23.0. The molecule has 1 aliphatic heterocycles. The van der Waals surface area contributed by atoms with Crippen LogP contribution in [0.2, 0.25) is 0 Å². The molecule has 1 aromatic carbocycles. The molecule has 10 heteroatoms. The van der Waals surface area contributed by atoms with Gasteiger partial charge in [0.05, 0.1) is 12.9 Å². The lowest BCUT2D eigenvalue weighted by molar-refractivity contribution is -0.133. The molecule has 1 N–H and O–H groups in total. The van der Waals surface area contributed by atoms with E-state index in [4.69, 9.17) is 4.74 Å². The molecule has 33 heavy (non-hydrogen) atoms. The minimum absolute atomic E-state index is 0.0189. The number of amides is 2. The molecule has 1 aliphatic rings. The Bertz CT molecular complexity index is 1080. The number of pyridine rings is 1. The number of methoxy groups -OCH3 is 1. The number of nitrogens with one attached hydrogen (secondary N) is 1. The van der Waals surface area contributed by atoms with Crippen LogP contribution in [0.5, 0.6) is 5.75 Å². The van der Waals surface area contributed by atoms with E-state index in [0.717, 1.165) is 43.7 Å². The van der Waals surface area contributed by atoms with Crippen molar-refractivity contribution < 1.29 is 14.3 Å². The molecule has 0 aliphatic carbocycles. The average molecular weight is 467 g/mol. The molecule has 2 amide bonds. The lowest BCUT2D eigenvalue weighted by atomic mass is 10.1. The summed E-state index contributed by atoms with van der Waals surface area (Å²) < 4.78 is 6.73. The summed E-state index contributed by atoms with van der Waals surface area (Å²) in [7, 11) is 1.59. The molecule has 172 valence electrons. The van der Waals surface area contributed by atoms with Gasteiger partial charge in [-0.3, -0.25) is 14.6 Å². The maximum absolute atomic E-state index is 12.8. The molecule has 1 saturated heterocycles. The zero-order valence-electron chi connectivity index (χ0n) is 18.4. The van der Waals surface area contributed by atoms with Gasteiger partial charge in [-0.1, -0.05) is 11.8 Å². The fourth-order valence-corrected chi connectivity index (χ4v) is 4.27. The molecule has 0 spiro atoms. The molecular formula is C23H26N6O3S. The minimum atomic E-state index is -0.174. The number of anilines is 1. The van der Waals surface area contributed by atoms with Crippen LogP contribution in [0.3, 0.4) is 0 Å². The van der Waals surface area contributed by atoms with Crippen molar-refractivity contribution in [2.45, 2.75) is 31.0 Å². The lowest BCUT2D eigenvalue weighted by Gasteiger charge is -2.26. The van der Waals surface area contributed by atoms with Gasteiger partial charge in [0.2, 0.25) is 11.8 Å². The predicted octanol–water partition coefficient (Wildman–Crippen LogP) is 3.09. The van der Waals surface area contributed by atoms with Crippen LogP contribution >= 0.6 is 11.8 Å². The van der Waals surface area contributed by atoms with Crippen LogP contribution in [0.4, 0.5) is 5.69 Å². The molecule has 1 fully saturated rings. The number of likely N-dealkylation sites (tertiary alicyclic amines) is 1. The number of hydrogen-bond donors (Lipinski definition) is 1. The largest absolute Gasteiger partial charge is 0.497 e. The second-order valence-corrected chi connectivity index (χ2v) is 8.56. The number of carbonyl (C=O) groups is 2. The summed E-state index contributed by atoms with van der Waals surface area (Å²) in [4.78, 5) is 35.8. The van der Waals surface area contributed by atoms with Crippen molar-refractivity contribution in [2.24, 2.45) is 0 Å². The van der Waals surface area contributed by atoms with Crippen LogP contribution in [0.1, 0.15) is 19.3 Å². The number of nitrogens with zero attached hydrogens (tertiary/aromatic N) is 5. The zero-order valence-corrected chi connectivity index (χ0v) is 19.3. The highest BCUT2D eigenvalue weighted by Gasteiger charge is 2.21. The first-order chi connectivity index (χ1) is 16.1. The predicted molar refractivity (Wildman–Crippen MR) is 126 cm³/mol. The number of aromatic nitrogens is 4. The minimum Gasteiger partial charge on any atom is -0.497 e. The highest BCUT2D eigenvalue weighted by atomic mass is 32.2. The summed E-state index contributed by atoms with van der Waals surface area (Å²) >= 11 is 1.25. The molecule has 0 bridgehead atoms. The van der Waals surface area contributed by atoms with E-state index in [9.17, 15) is 9.59 Å². The molecule has 2 aromatic heterocycles. The molecule has 3 aromatic rings. The smallest absolute Gasteiger partial charge is 0.244 e. The Labute approximate surface area is 196 Å². The third-order valence-electron chi connectivity index (χ3n) is 5.28. The standard InChI is InChI=1S/C23H26N6O3S/c1-32-19-7-5-18(6-8-19)25-20(30)16-33-23-26-22(17-9-11-24-12-10-17)27-29(23)15-21(31)28-13-3-2-4-14-28/h5-12H,2-4,13-16H2,1H3,(H,25,30). The van der Waals surface area contributed by atoms with Crippen molar-refractivity contribution in [2.75, 3.05) is 31.3 Å². The van der Waals surface area contributed by atoms with Crippen molar-refractivity contribution >= 4 is 29.3 Å². The fourth-order valence-electron chi connectivity index (χ4n) is 3.53. The van der Waals surface area contributed by atoms with Crippen molar-refractivity contribution in [3.63, 3.8) is 0 Å². The summed E-state index contributed by atoms with van der Waals surface area (Å²) in [5.74, 6) is 1.20. The Morgan fingerprint density at radius 2 is 1.79 bits per heavy atom. The fraction of sp³-hybridized carbons (Fsp3) is 0.348. The molecule has 3 heterocycles. The van der Waals surface area contributed by atoms with E-state index in [1.54, 1.807) is 48.5 Å². The Morgan fingerprint density at radius 1 is 1.06 bits per heavy atom. The third kappa shape index (κ3) is 6.10. The maximum atomic E-state index is 12.8. The van der Waals surface area contributed by atoms with Gasteiger partial charge in [0.25, 0.3) is 0 Å². The van der Waals surface area contributed by atoms with Crippen molar-refractivity contribution in [1.29, 1.82) is 0 Å². The number of rotatable bonds is 8. The van der Waals surface area contributed by atoms with E-state index in [-0.39, 0.29) is 24.1 Å². The SMILES string of the molecule is COc1ccc(NC(=O)CSc2nc(-c3ccncc3)nn2CC(=O)N2CCCCC2)cc1. The van der Waals surface area contributed by atoms with Crippen LogP contribution < -0.4 is 10.1 Å². The highest BCUT2D eigenvalue weighted by molar-refractivity contribution is 7.99. The number of carbonyl (C=O) groups excluding carboxylic acids is 2. The first kappa shape index (κ1) is 22.8. The quantitative estimate of drug-likeness (QED) is 0.509. The summed E-state index contributed by atoms with van der Waals surface area (Å²) in [6.07, 6.45) is 6.55. The summed E-state index contributed by atoms with van der Waals surface area (Å²) in [5.41, 5.74) is 1.49. The van der Waals surface area contributed by atoms with E-state index >= 15 is 0 Å². The van der Waals surface area contributed by atoms with Gasteiger partial charge in [-0.05, 0) is 55.7 Å². The first-order valence-corrected chi connectivity index (χ1v) is 11.8. The molecule has 0 saturated carbocycles. The molecule has 0 radical (unpaired) electrons. The van der Waals surface area contributed by atoms with Gasteiger partial charge in [-0.25, -0.2) is 9.67 Å².